The van der Waals surface area contributed by atoms with Crippen molar-refractivity contribution in [2.75, 3.05) is 5.32 Å². The van der Waals surface area contributed by atoms with Crippen LogP contribution in [0.15, 0.2) is 30.3 Å². The van der Waals surface area contributed by atoms with Gasteiger partial charge in [-0.2, -0.15) is 5.10 Å². The van der Waals surface area contributed by atoms with Crippen LogP contribution < -0.4 is 5.32 Å². The van der Waals surface area contributed by atoms with Crippen LogP contribution in [0, 0.1) is 3.57 Å². The maximum absolute atomic E-state index is 12.2. The molecule has 3 rings (SSSR count). The number of benzene rings is 1. The fraction of sp³-hybridized carbons (Fsp3) is 0.286. The van der Waals surface area contributed by atoms with Crippen molar-refractivity contribution in [2.45, 2.75) is 18.8 Å². The molecule has 1 saturated carbocycles. The van der Waals surface area contributed by atoms with Gasteiger partial charge in [-0.25, -0.2) is 0 Å². The first-order valence-corrected chi connectivity index (χ1v) is 7.32. The van der Waals surface area contributed by atoms with Crippen LogP contribution >= 0.6 is 22.6 Å². The number of carbonyl (C=O) groups excluding carboxylic acids is 1. The summed E-state index contributed by atoms with van der Waals surface area (Å²) in [6.07, 6.45) is 2.38. The van der Waals surface area contributed by atoms with E-state index < -0.39 is 0 Å². The van der Waals surface area contributed by atoms with Crippen molar-refractivity contribution in [3.8, 4) is 0 Å². The molecule has 0 spiro atoms. The second-order valence-electron chi connectivity index (χ2n) is 4.81. The van der Waals surface area contributed by atoms with Gasteiger partial charge in [0.25, 0.3) is 5.91 Å². The zero-order valence-electron chi connectivity index (χ0n) is 10.6. The van der Waals surface area contributed by atoms with Crippen LogP contribution in [-0.2, 0) is 7.05 Å². The summed E-state index contributed by atoms with van der Waals surface area (Å²) in [5, 5.41) is 7.30. The van der Waals surface area contributed by atoms with Crippen molar-refractivity contribution in [1.82, 2.24) is 9.78 Å². The van der Waals surface area contributed by atoms with Gasteiger partial charge in [-0.1, -0.05) is 0 Å². The number of aromatic nitrogens is 2. The third kappa shape index (κ3) is 2.80. The second kappa shape index (κ2) is 4.96. The summed E-state index contributed by atoms with van der Waals surface area (Å²) in [5.41, 5.74) is 2.45. The Bertz CT molecular complexity index is 614. The first kappa shape index (κ1) is 12.7. The summed E-state index contributed by atoms with van der Waals surface area (Å²) < 4.78 is 2.81. The summed E-state index contributed by atoms with van der Waals surface area (Å²) in [5.74, 6) is 0.453. The minimum atomic E-state index is -0.108. The van der Waals surface area contributed by atoms with E-state index in [1.807, 2.05) is 37.4 Å². The van der Waals surface area contributed by atoms with Gasteiger partial charge in [-0.3, -0.25) is 9.48 Å². The van der Waals surface area contributed by atoms with Crippen LogP contribution in [0.5, 0.6) is 0 Å². The van der Waals surface area contributed by atoms with Crippen molar-refractivity contribution in [3.63, 3.8) is 0 Å². The molecule has 19 heavy (non-hydrogen) atoms. The average molecular weight is 367 g/mol. The highest BCUT2D eigenvalue weighted by Gasteiger charge is 2.28. The molecule has 0 unspecified atom stereocenters. The molecule has 0 saturated heterocycles. The van der Waals surface area contributed by atoms with Gasteiger partial charge in [-0.15, -0.1) is 0 Å². The van der Waals surface area contributed by atoms with Crippen LogP contribution in [0.3, 0.4) is 0 Å². The zero-order valence-corrected chi connectivity index (χ0v) is 12.7. The van der Waals surface area contributed by atoms with Gasteiger partial charge in [0.15, 0.2) is 0 Å². The number of hydrogen-bond acceptors (Lipinski definition) is 2. The lowest BCUT2D eigenvalue weighted by Gasteiger charge is -2.05. The molecule has 98 valence electrons. The molecule has 0 bridgehead atoms. The predicted molar refractivity (Wildman–Crippen MR) is 82.3 cm³/mol. The minimum absolute atomic E-state index is 0.108. The Labute approximate surface area is 125 Å². The molecular weight excluding hydrogens is 353 g/mol. The quantitative estimate of drug-likeness (QED) is 0.848. The first-order chi connectivity index (χ1) is 9.13. The summed E-state index contributed by atoms with van der Waals surface area (Å²) in [4.78, 5) is 12.2. The van der Waals surface area contributed by atoms with Crippen molar-refractivity contribution >= 4 is 34.2 Å². The van der Waals surface area contributed by atoms with Crippen LogP contribution in [0.1, 0.15) is 34.9 Å². The van der Waals surface area contributed by atoms with Gasteiger partial charge < -0.3 is 5.32 Å². The number of nitrogens with zero attached hydrogens (tertiary/aromatic N) is 2. The van der Waals surface area contributed by atoms with E-state index in [0.29, 0.717) is 11.6 Å². The van der Waals surface area contributed by atoms with Crippen LogP contribution in [-0.4, -0.2) is 15.7 Å². The van der Waals surface area contributed by atoms with Crippen molar-refractivity contribution in [1.29, 1.82) is 0 Å². The largest absolute Gasteiger partial charge is 0.321 e. The standard InChI is InChI=1S/C14H14IN3O/c1-18-13(8-12(17-18)9-2-3-9)14(19)16-11-6-4-10(15)5-7-11/h4-9H,2-3H2,1H3,(H,16,19). The van der Waals surface area contributed by atoms with E-state index in [0.717, 1.165) is 15.0 Å². The lowest BCUT2D eigenvalue weighted by atomic mass is 10.2. The van der Waals surface area contributed by atoms with Gasteiger partial charge in [0.2, 0.25) is 0 Å². The minimum Gasteiger partial charge on any atom is -0.321 e. The van der Waals surface area contributed by atoms with E-state index >= 15 is 0 Å². The lowest BCUT2D eigenvalue weighted by Crippen LogP contribution is -2.15. The molecule has 1 aliphatic carbocycles. The molecule has 1 aromatic heterocycles. The lowest BCUT2D eigenvalue weighted by molar-refractivity contribution is 0.101. The van der Waals surface area contributed by atoms with E-state index in [9.17, 15) is 4.79 Å². The molecular formula is C14H14IN3O. The summed E-state index contributed by atoms with van der Waals surface area (Å²) in [6, 6.07) is 9.64. The molecule has 1 aliphatic rings. The third-order valence-electron chi connectivity index (χ3n) is 3.23. The van der Waals surface area contributed by atoms with Crippen LogP contribution in [0.25, 0.3) is 0 Å². The average Bonchev–Trinajstić information content (AvgIpc) is 3.16. The highest BCUT2D eigenvalue weighted by atomic mass is 127. The predicted octanol–water partition coefficient (Wildman–Crippen LogP) is 3.15. The highest BCUT2D eigenvalue weighted by Crippen LogP contribution is 2.39. The zero-order chi connectivity index (χ0) is 13.4. The van der Waals surface area contributed by atoms with Gasteiger partial charge >= 0.3 is 0 Å². The Kier molecular flexibility index (Phi) is 3.30. The molecule has 0 atom stereocenters. The molecule has 0 radical (unpaired) electrons. The maximum atomic E-state index is 12.2. The molecule has 2 aromatic rings. The van der Waals surface area contributed by atoms with E-state index in [4.69, 9.17) is 0 Å². The van der Waals surface area contributed by atoms with Gasteiger partial charge in [0.1, 0.15) is 5.69 Å². The number of nitrogens with one attached hydrogen (secondary N) is 1. The van der Waals surface area contributed by atoms with Crippen molar-refractivity contribution in [3.05, 3.63) is 45.3 Å². The number of rotatable bonds is 3. The van der Waals surface area contributed by atoms with Crippen LogP contribution in [0.2, 0.25) is 0 Å². The number of anilines is 1. The number of aryl methyl sites for hydroxylation is 1. The summed E-state index contributed by atoms with van der Waals surface area (Å²) >= 11 is 2.24. The number of halogens is 1. The van der Waals surface area contributed by atoms with Crippen molar-refractivity contribution < 1.29 is 4.79 Å². The fourth-order valence-corrected chi connectivity index (χ4v) is 2.37. The Morgan fingerprint density at radius 3 is 2.68 bits per heavy atom. The summed E-state index contributed by atoms with van der Waals surface area (Å²) in [6.45, 7) is 0. The Morgan fingerprint density at radius 2 is 2.05 bits per heavy atom. The van der Waals surface area contributed by atoms with Crippen molar-refractivity contribution in [2.24, 2.45) is 7.05 Å². The molecule has 4 nitrogen and oxygen atoms in total. The molecule has 5 heteroatoms. The summed E-state index contributed by atoms with van der Waals surface area (Å²) in [7, 11) is 1.81. The van der Waals surface area contributed by atoms with E-state index in [2.05, 4.69) is 33.0 Å². The number of hydrogen-bond donors (Lipinski definition) is 1. The Balaban J connectivity index is 1.77. The molecule has 1 heterocycles. The monoisotopic (exact) mass is 367 g/mol. The SMILES string of the molecule is Cn1nc(C2CC2)cc1C(=O)Nc1ccc(I)cc1. The van der Waals surface area contributed by atoms with Gasteiger partial charge in [-0.05, 0) is 65.8 Å². The van der Waals surface area contributed by atoms with E-state index in [1.165, 1.54) is 12.8 Å². The topological polar surface area (TPSA) is 46.9 Å². The van der Waals surface area contributed by atoms with Gasteiger partial charge in [0.05, 0.1) is 5.69 Å². The van der Waals surface area contributed by atoms with Gasteiger partial charge in [0, 0.05) is 22.2 Å². The van der Waals surface area contributed by atoms with Crippen LogP contribution in [0.4, 0.5) is 5.69 Å². The maximum Gasteiger partial charge on any atom is 0.273 e. The highest BCUT2D eigenvalue weighted by molar-refractivity contribution is 14.1. The molecule has 1 N–H and O–H groups in total. The third-order valence-corrected chi connectivity index (χ3v) is 3.95. The second-order valence-corrected chi connectivity index (χ2v) is 6.06. The number of amides is 1. The molecule has 1 aromatic carbocycles. The Hall–Kier alpha value is -1.37. The first-order valence-electron chi connectivity index (χ1n) is 6.24. The Morgan fingerprint density at radius 1 is 1.37 bits per heavy atom. The molecule has 1 amide bonds. The molecule has 0 aliphatic heterocycles. The van der Waals surface area contributed by atoms with E-state index in [-0.39, 0.29) is 5.91 Å². The fourth-order valence-electron chi connectivity index (χ4n) is 2.01. The molecule has 1 fully saturated rings. The smallest absolute Gasteiger partial charge is 0.273 e. The number of carbonyl (C=O) groups is 1. The van der Waals surface area contributed by atoms with E-state index in [1.54, 1.807) is 4.68 Å². The normalized spacial score (nSPS) is 14.4.